The minimum absolute atomic E-state index is 0.284. The van der Waals surface area contributed by atoms with E-state index in [0.717, 1.165) is 16.1 Å². The van der Waals surface area contributed by atoms with Gasteiger partial charge in [-0.05, 0) is 54.8 Å². The van der Waals surface area contributed by atoms with Gasteiger partial charge in [0.2, 0.25) is 16.0 Å². The van der Waals surface area contributed by atoms with Crippen LogP contribution >= 0.6 is 12.6 Å². The van der Waals surface area contributed by atoms with Crippen LogP contribution in [0.5, 0.6) is 0 Å². The summed E-state index contributed by atoms with van der Waals surface area (Å²) < 4.78 is 27.5. The molecule has 2 heterocycles. The van der Waals surface area contributed by atoms with Gasteiger partial charge in [-0.2, -0.15) is 4.98 Å². The maximum atomic E-state index is 12.5. The molecule has 1 fully saturated rings. The second kappa shape index (κ2) is 8.99. The van der Waals surface area contributed by atoms with Crippen molar-refractivity contribution >= 4 is 56.7 Å². The van der Waals surface area contributed by atoms with Gasteiger partial charge in [-0.15, -0.1) is 12.6 Å². The van der Waals surface area contributed by atoms with Crippen LogP contribution in [0.3, 0.4) is 0 Å². The van der Waals surface area contributed by atoms with Crippen molar-refractivity contribution in [1.29, 1.82) is 0 Å². The molecule has 4 N–H and O–H groups in total. The summed E-state index contributed by atoms with van der Waals surface area (Å²) in [6.45, 7) is 0.284. The first-order valence-corrected chi connectivity index (χ1v) is 12.7. The van der Waals surface area contributed by atoms with Crippen LogP contribution in [-0.2, 0) is 16.6 Å². The van der Waals surface area contributed by atoms with E-state index in [1.54, 1.807) is 18.2 Å². The average Bonchev–Trinajstić information content (AvgIpc) is 3.66. The minimum Gasteiger partial charge on any atom is -0.350 e. The Hall–Kier alpha value is -3.57. The van der Waals surface area contributed by atoms with Gasteiger partial charge in [0.25, 0.3) is 5.56 Å². The summed E-state index contributed by atoms with van der Waals surface area (Å²) in [5.41, 5.74) is 2.17. The molecule has 0 radical (unpaired) electrons. The number of thiol groups is 1. The average molecular weight is 495 g/mol. The topological polar surface area (TPSA) is 129 Å². The fourth-order valence-electron chi connectivity index (χ4n) is 3.51. The first-order valence-electron chi connectivity index (χ1n) is 10.7. The number of hydrogen-bond donors (Lipinski definition) is 5. The number of para-hydroxylation sites is 1. The molecule has 1 saturated carbocycles. The predicted molar refractivity (Wildman–Crippen MR) is 136 cm³/mol. The summed E-state index contributed by atoms with van der Waals surface area (Å²) in [5.74, 6) is 0.648. The Morgan fingerprint density at radius 3 is 2.56 bits per heavy atom. The van der Waals surface area contributed by atoms with Gasteiger partial charge in [0.05, 0.1) is 16.5 Å². The number of aromatic amines is 1. The van der Waals surface area contributed by atoms with E-state index in [-0.39, 0.29) is 17.4 Å². The zero-order valence-electron chi connectivity index (χ0n) is 17.9. The van der Waals surface area contributed by atoms with Gasteiger partial charge in [0.1, 0.15) is 11.2 Å². The number of H-pyrrole nitrogens is 1. The lowest BCUT2D eigenvalue weighted by Crippen LogP contribution is -2.19. The van der Waals surface area contributed by atoms with Crippen LogP contribution in [0.25, 0.3) is 10.9 Å². The van der Waals surface area contributed by atoms with Crippen molar-refractivity contribution in [2.75, 3.05) is 15.4 Å². The lowest BCUT2D eigenvalue weighted by molar-refractivity contribution is 0.600. The lowest BCUT2D eigenvalue weighted by atomic mass is 10.2. The third-order valence-corrected chi connectivity index (χ3v) is 7.57. The highest BCUT2D eigenvalue weighted by molar-refractivity contribution is 7.93. The van der Waals surface area contributed by atoms with Crippen LogP contribution in [-0.4, -0.2) is 28.6 Å². The number of aromatic nitrogens is 3. The first-order chi connectivity index (χ1) is 16.4. The number of hydrogen-bond acceptors (Lipinski definition) is 8. The largest absolute Gasteiger partial charge is 0.350 e. The monoisotopic (exact) mass is 494 g/mol. The first kappa shape index (κ1) is 22.2. The molecule has 0 atom stereocenters. The number of sulfonamides is 1. The van der Waals surface area contributed by atoms with E-state index in [0.29, 0.717) is 41.2 Å². The van der Waals surface area contributed by atoms with Crippen molar-refractivity contribution in [2.45, 2.75) is 29.5 Å². The van der Waals surface area contributed by atoms with E-state index in [1.165, 1.54) is 6.20 Å². The molecule has 2 aromatic carbocycles. The number of anilines is 4. The summed E-state index contributed by atoms with van der Waals surface area (Å²) >= 11 is 4.30. The molecular formula is C23H22N6O3S2. The highest BCUT2D eigenvalue weighted by atomic mass is 32.2. The highest BCUT2D eigenvalue weighted by Gasteiger charge is 2.36. The van der Waals surface area contributed by atoms with E-state index in [4.69, 9.17) is 0 Å². The van der Waals surface area contributed by atoms with E-state index < -0.39 is 10.0 Å². The molecule has 0 aliphatic heterocycles. The van der Waals surface area contributed by atoms with Crippen LogP contribution in [0.4, 0.5) is 23.1 Å². The molecule has 0 amide bonds. The Morgan fingerprint density at radius 2 is 1.79 bits per heavy atom. The molecule has 9 nitrogen and oxygen atoms in total. The molecule has 11 heteroatoms. The fourth-order valence-corrected chi connectivity index (χ4v) is 5.08. The number of fused-ring (bicyclic) bond motifs is 1. The zero-order chi connectivity index (χ0) is 23.7. The SMILES string of the molecule is O=c1[nH]ccc2nc(NCc3ccccc3NS(=O)(=O)C3CC3)nc(Nc3ccc(S)cc3)c12. The zero-order valence-corrected chi connectivity index (χ0v) is 19.7. The quantitative estimate of drug-likeness (QED) is 0.235. The van der Waals surface area contributed by atoms with Crippen LogP contribution in [0.2, 0.25) is 0 Å². The Labute approximate surface area is 201 Å². The second-order valence-electron chi connectivity index (χ2n) is 7.99. The summed E-state index contributed by atoms with van der Waals surface area (Å²) in [7, 11) is -3.39. The molecule has 34 heavy (non-hydrogen) atoms. The van der Waals surface area contributed by atoms with E-state index >= 15 is 0 Å². The van der Waals surface area contributed by atoms with Gasteiger partial charge >= 0.3 is 0 Å². The number of benzene rings is 2. The number of rotatable bonds is 8. The summed E-state index contributed by atoms with van der Waals surface area (Å²) in [5, 5.41) is 6.35. The normalized spacial score (nSPS) is 13.6. The molecule has 1 aliphatic carbocycles. The lowest BCUT2D eigenvalue weighted by Gasteiger charge is -2.14. The standard InChI is InChI=1S/C23H22N6O3S2/c30-22-20-19(11-12-24-22)27-23(28-21(20)26-15-5-7-16(33)8-6-15)25-13-14-3-1-2-4-18(14)29-34(31,32)17-9-10-17/h1-8,11-12,17,29,33H,9-10,13H2,(H,24,30)(H2,25,26,27,28). The summed E-state index contributed by atoms with van der Waals surface area (Å²) in [4.78, 5) is 25.0. The molecule has 0 spiro atoms. The Morgan fingerprint density at radius 1 is 1.03 bits per heavy atom. The molecule has 0 unspecified atom stereocenters. The van der Waals surface area contributed by atoms with E-state index in [2.05, 4.69) is 42.9 Å². The second-order valence-corrected chi connectivity index (χ2v) is 10.5. The third-order valence-electron chi connectivity index (χ3n) is 5.42. The molecule has 1 aliphatic rings. The van der Waals surface area contributed by atoms with Crippen LogP contribution in [0.1, 0.15) is 18.4 Å². The summed E-state index contributed by atoms with van der Waals surface area (Å²) in [6, 6.07) is 16.2. The molecule has 0 bridgehead atoms. The van der Waals surface area contributed by atoms with Crippen molar-refractivity contribution in [3.8, 4) is 0 Å². The van der Waals surface area contributed by atoms with Crippen molar-refractivity contribution in [3.05, 3.63) is 76.7 Å². The molecule has 0 saturated heterocycles. The Kier molecular flexibility index (Phi) is 5.88. The molecular weight excluding hydrogens is 472 g/mol. The molecule has 5 rings (SSSR count). The molecule has 2 aromatic heterocycles. The van der Waals surface area contributed by atoms with Crippen molar-refractivity contribution in [2.24, 2.45) is 0 Å². The Balaban J connectivity index is 1.44. The maximum Gasteiger partial charge on any atom is 0.261 e. The Bertz CT molecular complexity index is 1520. The van der Waals surface area contributed by atoms with Crippen molar-refractivity contribution < 1.29 is 8.42 Å². The number of nitrogens with zero attached hydrogens (tertiary/aromatic N) is 2. The molecule has 4 aromatic rings. The fraction of sp³-hybridized carbons (Fsp3) is 0.174. The maximum absolute atomic E-state index is 12.5. The van der Waals surface area contributed by atoms with Gasteiger partial charge < -0.3 is 15.6 Å². The van der Waals surface area contributed by atoms with Crippen LogP contribution < -0.4 is 20.9 Å². The van der Waals surface area contributed by atoms with E-state index in [9.17, 15) is 13.2 Å². The molecule has 174 valence electrons. The van der Waals surface area contributed by atoms with Gasteiger partial charge in [0, 0.05) is 23.3 Å². The van der Waals surface area contributed by atoms with Crippen molar-refractivity contribution in [1.82, 2.24) is 15.0 Å². The highest BCUT2D eigenvalue weighted by Crippen LogP contribution is 2.31. The number of pyridine rings is 1. The smallest absolute Gasteiger partial charge is 0.261 e. The van der Waals surface area contributed by atoms with E-state index in [1.807, 2.05) is 36.4 Å². The summed E-state index contributed by atoms with van der Waals surface area (Å²) in [6.07, 6.45) is 2.90. The van der Waals surface area contributed by atoms with Crippen molar-refractivity contribution in [3.63, 3.8) is 0 Å². The van der Waals surface area contributed by atoms with Crippen LogP contribution in [0.15, 0.2) is 70.5 Å². The van der Waals surface area contributed by atoms with Gasteiger partial charge in [0.15, 0.2) is 0 Å². The minimum atomic E-state index is -3.39. The van der Waals surface area contributed by atoms with Gasteiger partial charge in [-0.3, -0.25) is 9.52 Å². The van der Waals surface area contributed by atoms with Gasteiger partial charge in [-0.1, -0.05) is 18.2 Å². The number of nitrogens with one attached hydrogen (secondary N) is 4. The van der Waals surface area contributed by atoms with Gasteiger partial charge in [-0.25, -0.2) is 13.4 Å². The predicted octanol–water partition coefficient (Wildman–Crippen LogP) is 3.87. The van der Waals surface area contributed by atoms with Crippen LogP contribution in [0, 0.1) is 0 Å². The third kappa shape index (κ3) is 4.85.